The summed E-state index contributed by atoms with van der Waals surface area (Å²) in [5, 5.41) is 0. The van der Waals surface area contributed by atoms with E-state index in [1.165, 1.54) is 0 Å². The molecule has 2 rings (SSSR count). The Kier molecular flexibility index (Phi) is 2.65. The summed E-state index contributed by atoms with van der Waals surface area (Å²) in [6, 6.07) is 3.73. The number of hydrogen-bond acceptors (Lipinski definition) is 3. The summed E-state index contributed by atoms with van der Waals surface area (Å²) in [5.74, 6) is 1.55. The van der Waals surface area contributed by atoms with E-state index in [1.54, 1.807) is 6.26 Å². The Labute approximate surface area is 82.1 Å². The van der Waals surface area contributed by atoms with Gasteiger partial charge in [-0.25, -0.2) is 4.98 Å². The Morgan fingerprint density at radius 3 is 3.14 bits per heavy atom. The van der Waals surface area contributed by atoms with Crippen molar-refractivity contribution in [3.63, 3.8) is 0 Å². The van der Waals surface area contributed by atoms with E-state index in [4.69, 9.17) is 10.2 Å². The largest absolute Gasteiger partial charge is 0.461 e. The first-order valence-corrected chi connectivity index (χ1v) is 4.68. The fourth-order valence-electron chi connectivity index (χ4n) is 1.32. The third kappa shape index (κ3) is 1.85. The molecule has 14 heavy (non-hydrogen) atoms. The first-order chi connectivity index (χ1) is 6.90. The number of nitrogens with one attached hydrogen (secondary N) is 1. The standard InChI is InChI=1S/C10H13N3O/c11-5-1-3-8-7-12-10(13-8)9-4-2-6-14-9/h2,4,6-7H,1,3,5,11H2,(H,12,13). The van der Waals surface area contributed by atoms with Gasteiger partial charge in [0.2, 0.25) is 0 Å². The average Bonchev–Trinajstić information content (AvgIpc) is 2.85. The van der Waals surface area contributed by atoms with Gasteiger partial charge in [-0.05, 0) is 31.5 Å². The van der Waals surface area contributed by atoms with Crippen LogP contribution in [0.15, 0.2) is 29.0 Å². The number of hydrogen-bond donors (Lipinski definition) is 2. The van der Waals surface area contributed by atoms with Crippen LogP contribution in [0.2, 0.25) is 0 Å². The summed E-state index contributed by atoms with van der Waals surface area (Å²) in [7, 11) is 0. The highest BCUT2D eigenvalue weighted by Gasteiger charge is 2.04. The molecule has 0 fully saturated rings. The van der Waals surface area contributed by atoms with E-state index in [0.29, 0.717) is 6.54 Å². The summed E-state index contributed by atoms with van der Waals surface area (Å²) >= 11 is 0. The molecule has 0 aromatic carbocycles. The van der Waals surface area contributed by atoms with Crippen LogP contribution < -0.4 is 5.73 Å². The molecule has 74 valence electrons. The van der Waals surface area contributed by atoms with Gasteiger partial charge < -0.3 is 15.1 Å². The molecule has 0 aliphatic heterocycles. The van der Waals surface area contributed by atoms with E-state index in [9.17, 15) is 0 Å². The number of aromatic amines is 1. The Morgan fingerprint density at radius 2 is 2.43 bits per heavy atom. The van der Waals surface area contributed by atoms with Crippen LogP contribution >= 0.6 is 0 Å². The first kappa shape index (κ1) is 9.02. The van der Waals surface area contributed by atoms with Crippen LogP contribution in [0.4, 0.5) is 0 Å². The van der Waals surface area contributed by atoms with Crippen molar-refractivity contribution in [2.24, 2.45) is 5.73 Å². The lowest BCUT2D eigenvalue weighted by atomic mass is 10.2. The van der Waals surface area contributed by atoms with Crippen LogP contribution in [-0.2, 0) is 6.42 Å². The van der Waals surface area contributed by atoms with Crippen LogP contribution in [0.3, 0.4) is 0 Å². The zero-order valence-electron chi connectivity index (χ0n) is 7.86. The summed E-state index contributed by atoms with van der Waals surface area (Å²) in [5.41, 5.74) is 6.52. The zero-order valence-corrected chi connectivity index (χ0v) is 7.86. The molecule has 0 saturated carbocycles. The third-order valence-corrected chi connectivity index (χ3v) is 2.03. The Bertz CT molecular complexity index is 378. The Morgan fingerprint density at radius 1 is 1.50 bits per heavy atom. The zero-order chi connectivity index (χ0) is 9.80. The first-order valence-electron chi connectivity index (χ1n) is 4.68. The van der Waals surface area contributed by atoms with E-state index in [0.717, 1.165) is 30.1 Å². The van der Waals surface area contributed by atoms with Crippen molar-refractivity contribution in [3.8, 4) is 11.6 Å². The van der Waals surface area contributed by atoms with Gasteiger partial charge in [-0.3, -0.25) is 0 Å². The number of nitrogens with two attached hydrogens (primary N) is 1. The van der Waals surface area contributed by atoms with Crippen molar-refractivity contribution < 1.29 is 4.42 Å². The molecule has 3 N–H and O–H groups in total. The predicted octanol–water partition coefficient (Wildman–Crippen LogP) is 1.56. The quantitative estimate of drug-likeness (QED) is 0.770. The maximum atomic E-state index is 5.42. The van der Waals surface area contributed by atoms with Gasteiger partial charge in [-0.15, -0.1) is 0 Å². The van der Waals surface area contributed by atoms with E-state index in [2.05, 4.69) is 9.97 Å². The molecule has 4 nitrogen and oxygen atoms in total. The summed E-state index contributed by atoms with van der Waals surface area (Å²) < 4.78 is 5.22. The lowest BCUT2D eigenvalue weighted by molar-refractivity contribution is 0.578. The second-order valence-electron chi connectivity index (χ2n) is 3.13. The minimum Gasteiger partial charge on any atom is -0.461 e. The number of aromatic nitrogens is 2. The molecular weight excluding hydrogens is 178 g/mol. The normalized spacial score (nSPS) is 10.6. The van der Waals surface area contributed by atoms with Gasteiger partial charge in [0, 0.05) is 11.9 Å². The van der Waals surface area contributed by atoms with Gasteiger partial charge in [-0.2, -0.15) is 0 Å². The summed E-state index contributed by atoms with van der Waals surface area (Å²) in [6.45, 7) is 0.703. The topological polar surface area (TPSA) is 67.8 Å². The van der Waals surface area contributed by atoms with Gasteiger partial charge in [0.25, 0.3) is 0 Å². The maximum Gasteiger partial charge on any atom is 0.173 e. The highest BCUT2D eigenvalue weighted by atomic mass is 16.3. The highest BCUT2D eigenvalue weighted by molar-refractivity contribution is 5.46. The molecule has 2 aromatic rings. The smallest absolute Gasteiger partial charge is 0.173 e. The van der Waals surface area contributed by atoms with Gasteiger partial charge in [0.15, 0.2) is 11.6 Å². The van der Waals surface area contributed by atoms with Crippen molar-refractivity contribution in [3.05, 3.63) is 30.3 Å². The molecule has 0 bridgehead atoms. The minimum atomic E-state index is 0.703. The molecule has 0 unspecified atom stereocenters. The highest BCUT2D eigenvalue weighted by Crippen LogP contribution is 2.15. The minimum absolute atomic E-state index is 0.703. The van der Waals surface area contributed by atoms with Gasteiger partial charge >= 0.3 is 0 Å². The lowest BCUT2D eigenvalue weighted by Crippen LogP contribution is -2.00. The van der Waals surface area contributed by atoms with Crippen molar-refractivity contribution in [2.75, 3.05) is 6.54 Å². The maximum absolute atomic E-state index is 5.42. The van der Waals surface area contributed by atoms with E-state index < -0.39 is 0 Å². The SMILES string of the molecule is NCCCc1cnc(-c2ccco2)[nH]1. The number of imidazole rings is 1. The molecule has 2 aromatic heterocycles. The molecule has 0 atom stereocenters. The second-order valence-corrected chi connectivity index (χ2v) is 3.13. The molecule has 4 heteroatoms. The molecule has 0 aliphatic carbocycles. The Hall–Kier alpha value is -1.55. The Balaban J connectivity index is 2.10. The molecular formula is C10H13N3O. The third-order valence-electron chi connectivity index (χ3n) is 2.03. The fourth-order valence-corrected chi connectivity index (χ4v) is 1.32. The van der Waals surface area contributed by atoms with E-state index in [1.807, 2.05) is 18.3 Å². The molecule has 0 spiro atoms. The molecule has 0 saturated heterocycles. The number of furan rings is 1. The van der Waals surface area contributed by atoms with Crippen LogP contribution in [0.1, 0.15) is 12.1 Å². The lowest BCUT2D eigenvalue weighted by Gasteiger charge is -1.93. The van der Waals surface area contributed by atoms with Crippen molar-refractivity contribution in [1.82, 2.24) is 9.97 Å². The molecule has 0 radical (unpaired) electrons. The molecule has 0 amide bonds. The van der Waals surface area contributed by atoms with Gasteiger partial charge in [0.05, 0.1) is 6.26 Å². The number of nitrogens with zero attached hydrogens (tertiary/aromatic N) is 1. The average molecular weight is 191 g/mol. The number of rotatable bonds is 4. The number of aryl methyl sites for hydroxylation is 1. The van der Waals surface area contributed by atoms with Gasteiger partial charge in [-0.1, -0.05) is 0 Å². The van der Waals surface area contributed by atoms with E-state index >= 15 is 0 Å². The summed E-state index contributed by atoms with van der Waals surface area (Å²) in [4.78, 5) is 7.41. The fraction of sp³-hybridized carbons (Fsp3) is 0.300. The predicted molar refractivity (Wildman–Crippen MR) is 53.7 cm³/mol. The van der Waals surface area contributed by atoms with Crippen molar-refractivity contribution in [2.45, 2.75) is 12.8 Å². The molecule has 2 heterocycles. The van der Waals surface area contributed by atoms with Crippen LogP contribution in [-0.4, -0.2) is 16.5 Å². The van der Waals surface area contributed by atoms with Crippen LogP contribution in [0.5, 0.6) is 0 Å². The second kappa shape index (κ2) is 4.11. The van der Waals surface area contributed by atoms with Crippen molar-refractivity contribution in [1.29, 1.82) is 0 Å². The van der Waals surface area contributed by atoms with Crippen LogP contribution in [0.25, 0.3) is 11.6 Å². The molecule has 0 aliphatic rings. The monoisotopic (exact) mass is 191 g/mol. The van der Waals surface area contributed by atoms with Crippen molar-refractivity contribution >= 4 is 0 Å². The van der Waals surface area contributed by atoms with Gasteiger partial charge in [0.1, 0.15) is 0 Å². The van der Waals surface area contributed by atoms with E-state index in [-0.39, 0.29) is 0 Å². The number of H-pyrrole nitrogens is 1. The summed E-state index contributed by atoms with van der Waals surface area (Å²) in [6.07, 6.45) is 5.37. The van der Waals surface area contributed by atoms with Crippen LogP contribution in [0, 0.1) is 0 Å².